The first-order valence-electron chi connectivity index (χ1n) is 6.92. The van der Waals surface area contributed by atoms with Crippen LogP contribution in [0.25, 0.3) is 0 Å². The normalized spacial score (nSPS) is 13.1. The van der Waals surface area contributed by atoms with E-state index in [4.69, 9.17) is 10.3 Å². The van der Waals surface area contributed by atoms with Gasteiger partial charge in [-0.25, -0.2) is 0 Å². The summed E-state index contributed by atoms with van der Waals surface area (Å²) in [6, 6.07) is 4.41. The Morgan fingerprint density at radius 1 is 1.40 bits per heavy atom. The predicted octanol–water partition coefficient (Wildman–Crippen LogP) is 3.35. The van der Waals surface area contributed by atoms with E-state index in [-0.39, 0.29) is 6.04 Å². The van der Waals surface area contributed by atoms with Crippen LogP contribution in [-0.2, 0) is 6.42 Å². The Morgan fingerprint density at radius 2 is 2.15 bits per heavy atom. The number of nitrogens with two attached hydrogens (primary N) is 1. The summed E-state index contributed by atoms with van der Waals surface area (Å²) >= 11 is 3.38. The third-order valence-corrected chi connectivity index (χ3v) is 4.26. The molecule has 0 aliphatic rings. The average molecular weight is 341 g/mol. The minimum Gasteiger partial charge on any atom is -0.457 e. The van der Waals surface area contributed by atoms with Gasteiger partial charge in [0.15, 0.2) is 4.67 Å². The quantitative estimate of drug-likeness (QED) is 0.599. The van der Waals surface area contributed by atoms with Gasteiger partial charge in [0.1, 0.15) is 0 Å². The van der Waals surface area contributed by atoms with Crippen LogP contribution >= 0.6 is 15.9 Å². The lowest BCUT2D eigenvalue weighted by atomic mass is 10.1. The van der Waals surface area contributed by atoms with E-state index in [9.17, 15) is 0 Å². The number of rotatable bonds is 7. The van der Waals surface area contributed by atoms with Crippen LogP contribution in [0.2, 0.25) is 0 Å². The summed E-state index contributed by atoms with van der Waals surface area (Å²) < 4.78 is 8.02. The molecule has 2 aromatic heterocycles. The SMILES string of the molecule is CCC(CC)n1ccc(CC(NN)c2ccoc2Br)n1. The molecular formula is C14H21BrN4O. The molecule has 0 bridgehead atoms. The summed E-state index contributed by atoms with van der Waals surface area (Å²) in [5.74, 6) is 5.65. The van der Waals surface area contributed by atoms with E-state index in [0.29, 0.717) is 10.7 Å². The molecule has 1 atom stereocenters. The number of nitrogens with zero attached hydrogens (tertiary/aromatic N) is 2. The predicted molar refractivity (Wildman–Crippen MR) is 82.0 cm³/mol. The molecule has 0 amide bonds. The number of hydrogen-bond donors (Lipinski definition) is 2. The van der Waals surface area contributed by atoms with Gasteiger partial charge in [0.2, 0.25) is 0 Å². The van der Waals surface area contributed by atoms with Gasteiger partial charge in [-0.15, -0.1) is 0 Å². The van der Waals surface area contributed by atoms with Crippen molar-refractivity contribution in [3.05, 3.63) is 40.5 Å². The molecule has 2 aromatic rings. The van der Waals surface area contributed by atoms with E-state index in [0.717, 1.165) is 30.5 Å². The number of furan rings is 1. The highest BCUT2D eigenvalue weighted by Crippen LogP contribution is 2.26. The van der Waals surface area contributed by atoms with Gasteiger partial charge in [-0.05, 0) is 40.9 Å². The first kappa shape index (κ1) is 15.3. The zero-order valence-electron chi connectivity index (χ0n) is 11.8. The molecule has 0 saturated heterocycles. The summed E-state index contributed by atoms with van der Waals surface area (Å²) in [6.07, 6.45) is 6.59. The van der Waals surface area contributed by atoms with E-state index in [1.807, 2.05) is 16.9 Å². The average Bonchev–Trinajstić information content (AvgIpc) is 3.07. The van der Waals surface area contributed by atoms with Gasteiger partial charge < -0.3 is 4.42 Å². The first-order chi connectivity index (χ1) is 9.69. The maximum atomic E-state index is 5.65. The molecule has 0 aliphatic carbocycles. The maximum absolute atomic E-state index is 5.65. The minimum absolute atomic E-state index is 0.0202. The fourth-order valence-electron chi connectivity index (χ4n) is 2.37. The number of aromatic nitrogens is 2. The summed E-state index contributed by atoms with van der Waals surface area (Å²) in [5, 5.41) is 4.65. The molecule has 1 unspecified atom stereocenters. The van der Waals surface area contributed by atoms with Gasteiger partial charge in [-0.1, -0.05) is 13.8 Å². The molecule has 110 valence electrons. The van der Waals surface area contributed by atoms with Crippen LogP contribution in [0.4, 0.5) is 0 Å². The summed E-state index contributed by atoms with van der Waals surface area (Å²) in [7, 11) is 0. The minimum atomic E-state index is -0.0202. The van der Waals surface area contributed by atoms with E-state index in [2.05, 4.69) is 46.4 Å². The number of hydrogen-bond acceptors (Lipinski definition) is 4. The summed E-state index contributed by atoms with van der Waals surface area (Å²) in [6.45, 7) is 4.37. The molecule has 0 fully saturated rings. The number of hydrazine groups is 1. The van der Waals surface area contributed by atoms with E-state index >= 15 is 0 Å². The van der Waals surface area contributed by atoms with Crippen molar-refractivity contribution < 1.29 is 4.42 Å². The molecular weight excluding hydrogens is 320 g/mol. The Hall–Kier alpha value is -1.11. The van der Waals surface area contributed by atoms with Crippen molar-refractivity contribution in [2.75, 3.05) is 0 Å². The van der Waals surface area contributed by atoms with Gasteiger partial charge in [0.05, 0.1) is 24.0 Å². The molecule has 20 heavy (non-hydrogen) atoms. The first-order valence-corrected chi connectivity index (χ1v) is 7.71. The molecule has 0 aliphatic heterocycles. The van der Waals surface area contributed by atoms with Gasteiger partial charge in [-0.3, -0.25) is 16.0 Å². The van der Waals surface area contributed by atoms with Crippen molar-refractivity contribution in [3.63, 3.8) is 0 Å². The molecule has 0 saturated carbocycles. The Bertz CT molecular complexity index is 533. The molecule has 0 aromatic carbocycles. The van der Waals surface area contributed by atoms with Gasteiger partial charge >= 0.3 is 0 Å². The van der Waals surface area contributed by atoms with Gasteiger partial charge in [-0.2, -0.15) is 5.10 Å². The fraction of sp³-hybridized carbons (Fsp3) is 0.500. The Morgan fingerprint density at radius 3 is 2.70 bits per heavy atom. The van der Waals surface area contributed by atoms with Crippen molar-refractivity contribution in [2.45, 2.75) is 45.2 Å². The highest BCUT2D eigenvalue weighted by molar-refractivity contribution is 9.10. The Balaban J connectivity index is 2.11. The molecule has 2 heterocycles. The number of nitrogens with one attached hydrogen (secondary N) is 1. The van der Waals surface area contributed by atoms with Gasteiger partial charge in [0.25, 0.3) is 0 Å². The summed E-state index contributed by atoms with van der Waals surface area (Å²) in [4.78, 5) is 0. The van der Waals surface area contributed by atoms with Crippen molar-refractivity contribution in [2.24, 2.45) is 5.84 Å². The second-order valence-electron chi connectivity index (χ2n) is 4.83. The highest BCUT2D eigenvalue weighted by atomic mass is 79.9. The Kier molecular flexibility index (Phi) is 5.39. The third kappa shape index (κ3) is 3.31. The Labute approximate surface area is 127 Å². The van der Waals surface area contributed by atoms with Crippen molar-refractivity contribution >= 4 is 15.9 Å². The van der Waals surface area contributed by atoms with Crippen LogP contribution in [0, 0.1) is 0 Å². The molecule has 0 radical (unpaired) electrons. The van der Waals surface area contributed by atoms with Crippen LogP contribution < -0.4 is 11.3 Å². The van der Waals surface area contributed by atoms with Crippen LogP contribution in [0.15, 0.2) is 33.7 Å². The van der Waals surface area contributed by atoms with Crippen molar-refractivity contribution in [1.82, 2.24) is 15.2 Å². The topological polar surface area (TPSA) is 69.0 Å². The third-order valence-electron chi connectivity index (χ3n) is 3.62. The number of halogens is 1. The lowest BCUT2D eigenvalue weighted by molar-refractivity contribution is 0.422. The van der Waals surface area contributed by atoms with Gasteiger partial charge in [0, 0.05) is 18.2 Å². The molecule has 3 N–H and O–H groups in total. The van der Waals surface area contributed by atoms with Crippen LogP contribution in [0.5, 0.6) is 0 Å². The molecule has 6 heteroatoms. The lowest BCUT2D eigenvalue weighted by Crippen LogP contribution is -2.29. The smallest absolute Gasteiger partial charge is 0.173 e. The zero-order valence-corrected chi connectivity index (χ0v) is 13.4. The molecule has 0 spiro atoms. The van der Waals surface area contributed by atoms with E-state index in [1.54, 1.807) is 6.26 Å². The monoisotopic (exact) mass is 340 g/mol. The molecule has 2 rings (SSSR count). The second-order valence-corrected chi connectivity index (χ2v) is 5.55. The van der Waals surface area contributed by atoms with Crippen molar-refractivity contribution in [3.8, 4) is 0 Å². The largest absolute Gasteiger partial charge is 0.457 e. The standard InChI is InChI=1S/C14H21BrN4O/c1-3-11(4-2)19-7-5-10(18-19)9-13(17-16)12-6-8-20-14(12)15/h5-8,11,13,17H,3-4,9,16H2,1-2H3. The second kappa shape index (κ2) is 7.06. The van der Waals surface area contributed by atoms with Crippen LogP contribution in [0.1, 0.15) is 50.0 Å². The maximum Gasteiger partial charge on any atom is 0.173 e. The van der Waals surface area contributed by atoms with E-state index in [1.165, 1.54) is 0 Å². The van der Waals surface area contributed by atoms with E-state index < -0.39 is 0 Å². The highest BCUT2D eigenvalue weighted by Gasteiger charge is 2.18. The summed E-state index contributed by atoms with van der Waals surface area (Å²) in [5.41, 5.74) is 4.85. The lowest BCUT2D eigenvalue weighted by Gasteiger charge is -2.14. The zero-order chi connectivity index (χ0) is 14.5. The fourth-order valence-corrected chi connectivity index (χ4v) is 2.89. The molecule has 5 nitrogen and oxygen atoms in total. The van der Waals surface area contributed by atoms with Crippen LogP contribution in [-0.4, -0.2) is 9.78 Å². The van der Waals surface area contributed by atoms with Crippen LogP contribution in [0.3, 0.4) is 0 Å². The van der Waals surface area contributed by atoms with Crippen molar-refractivity contribution in [1.29, 1.82) is 0 Å².